The Balaban J connectivity index is 1.20. The smallest absolute Gasteiger partial charge is 0.253 e. The van der Waals surface area contributed by atoms with Crippen LogP contribution in [0.1, 0.15) is 53.9 Å². The molecule has 6 N–H and O–H groups in total. The molecule has 0 fully saturated rings. The molecule has 0 aliphatic carbocycles. The predicted molar refractivity (Wildman–Crippen MR) is 177 cm³/mol. The van der Waals surface area contributed by atoms with E-state index < -0.39 is 18.1 Å². The van der Waals surface area contributed by atoms with Crippen LogP contribution in [0.5, 0.6) is 5.75 Å². The van der Waals surface area contributed by atoms with Crippen molar-refractivity contribution in [1.82, 2.24) is 10.6 Å². The van der Waals surface area contributed by atoms with Crippen molar-refractivity contribution in [2.45, 2.75) is 57.6 Å². The Morgan fingerprint density at radius 2 is 1.36 bits per heavy atom. The second kappa shape index (κ2) is 15.9. The molecule has 0 saturated heterocycles. The zero-order chi connectivity index (χ0) is 31.6. The predicted octanol–water partition coefficient (Wildman–Crippen LogP) is 6.19. The molecule has 7 nitrogen and oxygen atoms in total. The van der Waals surface area contributed by atoms with Crippen molar-refractivity contribution in [2.75, 3.05) is 12.3 Å². The maximum absolute atomic E-state index is 12.7. The number of hydrogen-bond donors (Lipinski definition) is 5. The van der Waals surface area contributed by atoms with Gasteiger partial charge in [0.1, 0.15) is 12.4 Å². The van der Waals surface area contributed by atoms with Crippen molar-refractivity contribution in [1.29, 1.82) is 0 Å². The summed E-state index contributed by atoms with van der Waals surface area (Å²) in [6.07, 6.45) is -0.656. The first-order valence-corrected chi connectivity index (χ1v) is 15.3. The molecule has 4 rings (SSSR count). The Morgan fingerprint density at radius 1 is 0.795 bits per heavy atom. The van der Waals surface area contributed by atoms with Gasteiger partial charge in [-0.25, -0.2) is 0 Å². The van der Waals surface area contributed by atoms with Crippen LogP contribution >= 0.6 is 23.2 Å². The van der Waals surface area contributed by atoms with E-state index in [9.17, 15) is 15.0 Å². The van der Waals surface area contributed by atoms with E-state index in [1.165, 1.54) is 0 Å². The van der Waals surface area contributed by atoms with Crippen molar-refractivity contribution in [2.24, 2.45) is 0 Å². The zero-order valence-corrected chi connectivity index (χ0v) is 26.4. The van der Waals surface area contributed by atoms with Crippen LogP contribution in [0.3, 0.4) is 0 Å². The lowest BCUT2D eigenvalue weighted by atomic mass is 10.0. The number of halogens is 2. The van der Waals surface area contributed by atoms with Crippen molar-refractivity contribution in [3.8, 4) is 5.75 Å². The molecule has 0 heterocycles. The van der Waals surface area contributed by atoms with E-state index in [2.05, 4.69) is 29.7 Å². The Bertz CT molecular complexity index is 1480. The maximum Gasteiger partial charge on any atom is 0.253 e. The fraction of sp³-hybridized carbons (Fsp3) is 0.286. The van der Waals surface area contributed by atoms with Gasteiger partial charge < -0.3 is 31.3 Å². The number of benzene rings is 4. The lowest BCUT2D eigenvalue weighted by molar-refractivity contribution is -0.130. The van der Waals surface area contributed by atoms with Gasteiger partial charge in [-0.3, -0.25) is 4.79 Å². The molecular weight excluding hydrogens is 597 g/mol. The van der Waals surface area contributed by atoms with E-state index >= 15 is 0 Å². The van der Waals surface area contributed by atoms with Crippen LogP contribution in [-0.4, -0.2) is 34.7 Å². The summed E-state index contributed by atoms with van der Waals surface area (Å²) in [5, 5.41) is 28.1. The largest absolute Gasteiger partial charge is 0.489 e. The number of amides is 1. The molecule has 0 spiro atoms. The maximum atomic E-state index is 12.7. The number of hydrogen-bond acceptors (Lipinski definition) is 6. The average Bonchev–Trinajstić information content (AvgIpc) is 3.02. The Hall–Kier alpha value is -3.59. The van der Waals surface area contributed by atoms with E-state index in [1.807, 2.05) is 49.4 Å². The number of ether oxygens (including phenoxy) is 1. The fourth-order valence-corrected chi connectivity index (χ4v) is 5.33. The minimum Gasteiger partial charge on any atom is -0.489 e. The highest BCUT2D eigenvalue weighted by molar-refractivity contribution is 6.38. The molecule has 232 valence electrons. The lowest BCUT2D eigenvalue weighted by Crippen LogP contribution is -2.37. The normalized spacial score (nSPS) is 14.0. The van der Waals surface area contributed by atoms with Crippen LogP contribution in [0.4, 0.5) is 5.69 Å². The molecule has 0 saturated carbocycles. The average molecular weight is 637 g/mol. The number of nitrogen functional groups attached to an aromatic ring is 1. The summed E-state index contributed by atoms with van der Waals surface area (Å²) in [6.45, 7) is 4.75. The number of carbonyl (C=O) groups excluding carboxylic acids is 1. The van der Waals surface area contributed by atoms with Gasteiger partial charge in [0.25, 0.3) is 5.91 Å². The summed E-state index contributed by atoms with van der Waals surface area (Å²) in [6, 6.07) is 28.2. The van der Waals surface area contributed by atoms with Gasteiger partial charge in [0.15, 0.2) is 6.10 Å². The topological polar surface area (TPSA) is 117 Å². The van der Waals surface area contributed by atoms with Crippen molar-refractivity contribution >= 4 is 34.8 Å². The second-order valence-corrected chi connectivity index (χ2v) is 11.9. The molecule has 0 aliphatic rings. The molecule has 9 heteroatoms. The van der Waals surface area contributed by atoms with Crippen LogP contribution < -0.4 is 21.1 Å². The van der Waals surface area contributed by atoms with Gasteiger partial charge in [0, 0.05) is 18.6 Å². The standard InChI is InChI=1S/C35H39Cl2N3O4/c1-22(39-20-32(41)28-18-30(36)33(38)31(37)19-28)16-24-8-10-25(11-9-24)17-23(2)40-35(43)34(42)27-12-14-29(15-13-27)44-21-26-6-4-3-5-7-26/h3-15,18-19,22-23,32,34,39,41-42H,16-17,20-21,38H2,1-2H3,(H,40,43)/t22?,23?,32-,34?/m0/s1. The number of nitrogens with two attached hydrogens (primary N) is 1. The molecule has 0 bridgehead atoms. The van der Waals surface area contributed by atoms with Gasteiger partial charge in [-0.15, -0.1) is 0 Å². The summed E-state index contributed by atoms with van der Waals surface area (Å²) < 4.78 is 5.79. The molecule has 4 atom stereocenters. The Labute approximate surface area is 269 Å². The second-order valence-electron chi connectivity index (χ2n) is 11.1. The first-order valence-electron chi connectivity index (χ1n) is 14.6. The molecule has 4 aromatic rings. The highest BCUT2D eigenvalue weighted by Crippen LogP contribution is 2.31. The van der Waals surface area contributed by atoms with E-state index in [4.69, 9.17) is 33.7 Å². The number of anilines is 1. The van der Waals surface area contributed by atoms with E-state index in [0.717, 1.165) is 23.1 Å². The van der Waals surface area contributed by atoms with E-state index in [0.29, 0.717) is 52.2 Å². The highest BCUT2D eigenvalue weighted by Gasteiger charge is 2.20. The third-order valence-corrected chi connectivity index (χ3v) is 7.96. The number of aliphatic hydroxyl groups is 2. The zero-order valence-electron chi connectivity index (χ0n) is 24.8. The SMILES string of the molecule is CC(Cc1ccc(CC(C)NC(=O)C(O)c2ccc(OCc3ccccc3)cc2)cc1)NC[C@H](O)c1cc(Cl)c(N)c(Cl)c1. The number of nitrogens with one attached hydrogen (secondary N) is 2. The monoisotopic (exact) mass is 635 g/mol. The molecular formula is C35H39Cl2N3O4. The molecule has 0 radical (unpaired) electrons. The molecule has 4 aromatic carbocycles. The molecule has 1 amide bonds. The first kappa shape index (κ1) is 33.3. The number of aliphatic hydroxyl groups excluding tert-OH is 2. The van der Waals surface area contributed by atoms with Gasteiger partial charge >= 0.3 is 0 Å². The quantitative estimate of drug-likeness (QED) is 0.106. The lowest BCUT2D eigenvalue weighted by Gasteiger charge is -2.19. The molecule has 0 aromatic heterocycles. The van der Waals surface area contributed by atoms with Crippen LogP contribution in [0, 0.1) is 0 Å². The van der Waals surface area contributed by atoms with Crippen molar-refractivity contribution in [3.05, 3.63) is 129 Å². The summed E-state index contributed by atoms with van der Waals surface area (Å²) in [7, 11) is 0. The summed E-state index contributed by atoms with van der Waals surface area (Å²) in [4.78, 5) is 12.7. The van der Waals surface area contributed by atoms with Crippen LogP contribution in [0.25, 0.3) is 0 Å². The van der Waals surface area contributed by atoms with E-state index in [1.54, 1.807) is 36.4 Å². The van der Waals surface area contributed by atoms with Gasteiger partial charge in [-0.1, -0.05) is 89.9 Å². The summed E-state index contributed by atoms with van der Waals surface area (Å²) >= 11 is 12.2. The van der Waals surface area contributed by atoms with Crippen LogP contribution in [-0.2, 0) is 24.2 Å². The van der Waals surface area contributed by atoms with Crippen LogP contribution in [0.15, 0.2) is 91.0 Å². The molecule has 0 aliphatic heterocycles. The van der Waals surface area contributed by atoms with E-state index in [-0.39, 0.29) is 12.1 Å². The Morgan fingerprint density at radius 3 is 1.95 bits per heavy atom. The summed E-state index contributed by atoms with van der Waals surface area (Å²) in [5.74, 6) is 0.219. The number of rotatable bonds is 14. The highest BCUT2D eigenvalue weighted by atomic mass is 35.5. The van der Waals surface area contributed by atoms with Gasteiger partial charge in [0.2, 0.25) is 0 Å². The van der Waals surface area contributed by atoms with Gasteiger partial charge in [-0.2, -0.15) is 0 Å². The minimum absolute atomic E-state index is 0.111. The van der Waals surface area contributed by atoms with Crippen LogP contribution in [0.2, 0.25) is 10.0 Å². The Kier molecular flexibility index (Phi) is 12.1. The first-order chi connectivity index (χ1) is 21.1. The van der Waals surface area contributed by atoms with Gasteiger partial charge in [0.05, 0.1) is 21.8 Å². The molecule has 3 unspecified atom stereocenters. The minimum atomic E-state index is -1.27. The fourth-order valence-electron chi connectivity index (χ4n) is 4.83. The molecule has 44 heavy (non-hydrogen) atoms. The van der Waals surface area contributed by atoms with Gasteiger partial charge in [-0.05, 0) is 78.8 Å². The summed E-state index contributed by atoms with van der Waals surface area (Å²) in [5.41, 5.74) is 10.5. The number of carbonyl (C=O) groups is 1. The van der Waals surface area contributed by atoms with Crippen molar-refractivity contribution < 1.29 is 19.7 Å². The van der Waals surface area contributed by atoms with Crippen molar-refractivity contribution in [3.63, 3.8) is 0 Å². The third kappa shape index (κ3) is 9.71. The third-order valence-electron chi connectivity index (χ3n) is 7.33.